The number of methoxy groups -OCH3 is 3. The summed E-state index contributed by atoms with van der Waals surface area (Å²) in [6.45, 7) is 9.35. The van der Waals surface area contributed by atoms with Crippen LogP contribution in [0.25, 0.3) is 0 Å². The summed E-state index contributed by atoms with van der Waals surface area (Å²) in [5.74, 6) is -1.46. The summed E-state index contributed by atoms with van der Waals surface area (Å²) in [4.78, 5) is 26.4. The fraction of sp³-hybridized carbons (Fsp3) is 0.692. The van der Waals surface area contributed by atoms with Crippen molar-refractivity contribution in [3.8, 4) is 11.5 Å². The van der Waals surface area contributed by atoms with E-state index in [-0.39, 0.29) is 17.4 Å². The topological polar surface area (TPSA) is 97.8 Å². The fourth-order valence-corrected chi connectivity index (χ4v) is 4.69. The Bertz CT molecular complexity index is 896. The zero-order valence-corrected chi connectivity index (χ0v) is 22.7. The number of nitrogens with zero attached hydrogens (tertiary/aromatic N) is 2. The maximum absolute atomic E-state index is 13.1. The molecule has 1 unspecified atom stereocenters. The molecule has 1 atom stereocenters. The van der Waals surface area contributed by atoms with E-state index in [1.54, 1.807) is 39.5 Å². The van der Waals surface area contributed by atoms with Crippen LogP contribution in [0, 0.1) is 5.41 Å². The van der Waals surface area contributed by atoms with Gasteiger partial charge in [0.25, 0.3) is 5.91 Å². The molecule has 9 nitrogen and oxygen atoms in total. The minimum Gasteiger partial charge on any atom is -0.497 e. The molecule has 0 bridgehead atoms. The monoisotopic (exact) mass is 548 g/mol. The van der Waals surface area contributed by atoms with Gasteiger partial charge in [-0.3, -0.25) is 9.69 Å². The molecule has 1 aromatic rings. The summed E-state index contributed by atoms with van der Waals surface area (Å²) in [6.07, 6.45) is -1.80. The number of hydrogen-bond donors (Lipinski definition) is 1. The first-order valence-electron chi connectivity index (χ1n) is 12.5. The van der Waals surface area contributed by atoms with Gasteiger partial charge in [-0.05, 0) is 50.7 Å². The van der Waals surface area contributed by atoms with Crippen LogP contribution >= 0.6 is 0 Å². The number of alkyl halides is 3. The van der Waals surface area contributed by atoms with Crippen molar-refractivity contribution in [1.29, 1.82) is 0 Å². The number of likely N-dealkylation sites (tertiary alicyclic amines) is 1. The molecule has 38 heavy (non-hydrogen) atoms. The Labute approximate surface area is 221 Å². The summed E-state index contributed by atoms with van der Waals surface area (Å²) in [5.41, 5.74) is 0.802. The van der Waals surface area contributed by atoms with Crippen LogP contribution in [-0.2, 0) is 14.3 Å². The van der Waals surface area contributed by atoms with Crippen molar-refractivity contribution >= 4 is 11.9 Å². The second kappa shape index (κ2) is 14.0. The summed E-state index contributed by atoms with van der Waals surface area (Å²) in [6, 6.07) is 5.81. The molecule has 2 aliphatic rings. The van der Waals surface area contributed by atoms with Gasteiger partial charge in [-0.25, -0.2) is 4.79 Å². The number of carbonyl (C=O) groups excluding carboxylic acids is 1. The number of hydrogen-bond acceptors (Lipinski definition) is 7. The highest BCUT2D eigenvalue weighted by Gasteiger charge is 2.43. The molecule has 0 aromatic heterocycles. The Morgan fingerprint density at radius 1 is 1.13 bits per heavy atom. The number of carboxylic acid groups (broad SMARTS) is 1. The van der Waals surface area contributed by atoms with E-state index in [0.717, 1.165) is 58.7 Å². The number of aliphatic carboxylic acids is 1. The minimum atomic E-state index is -5.08. The van der Waals surface area contributed by atoms with Crippen molar-refractivity contribution in [2.75, 3.05) is 60.7 Å². The van der Waals surface area contributed by atoms with Crippen LogP contribution in [0.3, 0.4) is 0 Å². The highest BCUT2D eigenvalue weighted by atomic mass is 19.4. The number of carboxylic acids is 1. The molecule has 2 heterocycles. The number of piperidine rings is 1. The summed E-state index contributed by atoms with van der Waals surface area (Å²) >= 11 is 0. The van der Waals surface area contributed by atoms with Crippen LogP contribution in [0.5, 0.6) is 11.5 Å². The van der Waals surface area contributed by atoms with Gasteiger partial charge in [0.1, 0.15) is 11.5 Å². The van der Waals surface area contributed by atoms with Gasteiger partial charge >= 0.3 is 12.1 Å². The molecule has 12 heteroatoms. The van der Waals surface area contributed by atoms with E-state index in [4.69, 9.17) is 28.8 Å². The molecular formula is C26H39F3N2O7. The predicted octanol–water partition coefficient (Wildman–Crippen LogP) is 3.71. The van der Waals surface area contributed by atoms with Gasteiger partial charge in [0.05, 0.1) is 33.5 Å². The van der Waals surface area contributed by atoms with Crippen LogP contribution in [0.4, 0.5) is 13.2 Å². The van der Waals surface area contributed by atoms with E-state index in [9.17, 15) is 18.0 Å². The molecule has 2 fully saturated rings. The molecule has 1 spiro atoms. The summed E-state index contributed by atoms with van der Waals surface area (Å²) in [5, 5.41) is 7.12. The normalized spacial score (nSPS) is 18.9. The third kappa shape index (κ3) is 9.02. The van der Waals surface area contributed by atoms with Crippen molar-refractivity contribution in [3.63, 3.8) is 0 Å². The van der Waals surface area contributed by atoms with Crippen molar-refractivity contribution < 1.29 is 46.8 Å². The lowest BCUT2D eigenvalue weighted by Gasteiger charge is -2.38. The van der Waals surface area contributed by atoms with Crippen LogP contribution in [-0.4, -0.2) is 106 Å². The maximum Gasteiger partial charge on any atom is 0.490 e. The van der Waals surface area contributed by atoms with Crippen molar-refractivity contribution in [1.82, 2.24) is 9.80 Å². The number of halogens is 3. The van der Waals surface area contributed by atoms with Gasteiger partial charge in [0.15, 0.2) is 0 Å². The number of benzene rings is 1. The SMILES string of the molecule is COCCN(CC1CC2(CCN(C(=O)c3cc(OC)cc(OC)c3)CC2)CO1)C(C)C.O=C(O)C(F)(F)F. The van der Waals surface area contributed by atoms with Gasteiger partial charge in [0.2, 0.25) is 0 Å². The van der Waals surface area contributed by atoms with E-state index in [1.165, 1.54) is 0 Å². The number of amides is 1. The average molecular weight is 549 g/mol. The molecule has 0 aliphatic carbocycles. The quantitative estimate of drug-likeness (QED) is 0.499. The fourth-order valence-electron chi connectivity index (χ4n) is 4.69. The Morgan fingerprint density at radius 3 is 2.13 bits per heavy atom. The smallest absolute Gasteiger partial charge is 0.490 e. The first-order valence-corrected chi connectivity index (χ1v) is 12.5. The zero-order chi connectivity index (χ0) is 28.5. The molecule has 0 radical (unpaired) electrons. The molecular weight excluding hydrogens is 509 g/mol. The Morgan fingerprint density at radius 2 is 1.68 bits per heavy atom. The van der Waals surface area contributed by atoms with E-state index in [1.807, 2.05) is 4.90 Å². The third-order valence-corrected chi connectivity index (χ3v) is 6.99. The number of ether oxygens (including phenoxy) is 4. The molecule has 1 amide bonds. The molecule has 216 valence electrons. The minimum absolute atomic E-state index is 0.0352. The zero-order valence-electron chi connectivity index (χ0n) is 22.7. The Hall–Kier alpha value is -2.57. The number of rotatable bonds is 9. The van der Waals surface area contributed by atoms with Gasteiger partial charge in [0, 0.05) is 51.0 Å². The van der Waals surface area contributed by atoms with E-state index >= 15 is 0 Å². The van der Waals surface area contributed by atoms with Crippen LogP contribution < -0.4 is 9.47 Å². The Balaban J connectivity index is 0.000000638. The van der Waals surface area contributed by atoms with Crippen molar-refractivity contribution in [2.24, 2.45) is 5.41 Å². The molecule has 1 aromatic carbocycles. The van der Waals surface area contributed by atoms with Crippen LogP contribution in [0.1, 0.15) is 43.5 Å². The van der Waals surface area contributed by atoms with Crippen LogP contribution in [0.15, 0.2) is 18.2 Å². The molecule has 2 aliphatic heterocycles. The van der Waals surface area contributed by atoms with Gasteiger partial charge < -0.3 is 29.0 Å². The van der Waals surface area contributed by atoms with Crippen LogP contribution in [0.2, 0.25) is 0 Å². The predicted molar refractivity (Wildman–Crippen MR) is 134 cm³/mol. The maximum atomic E-state index is 13.1. The van der Waals surface area contributed by atoms with Gasteiger partial charge in [-0.2, -0.15) is 13.2 Å². The first kappa shape index (κ1) is 31.6. The van der Waals surface area contributed by atoms with Gasteiger partial charge in [-0.1, -0.05) is 0 Å². The first-order chi connectivity index (χ1) is 17.8. The van der Waals surface area contributed by atoms with E-state index in [2.05, 4.69) is 18.7 Å². The highest BCUT2D eigenvalue weighted by Crippen LogP contribution is 2.42. The van der Waals surface area contributed by atoms with Gasteiger partial charge in [-0.15, -0.1) is 0 Å². The highest BCUT2D eigenvalue weighted by molar-refractivity contribution is 5.95. The standard InChI is InChI=1S/C24H38N2O5.C2HF3O2/c1-18(2)26(10-11-28-3)16-22-15-24(17-31-22)6-8-25(9-7-24)23(27)19-12-20(29-4)14-21(13-19)30-5;3-2(4,5)1(6)7/h12-14,18,22H,6-11,15-17H2,1-5H3;(H,6,7). The van der Waals surface area contributed by atoms with E-state index in [0.29, 0.717) is 23.1 Å². The lowest BCUT2D eigenvalue weighted by molar-refractivity contribution is -0.192. The van der Waals surface area contributed by atoms with Crippen molar-refractivity contribution in [2.45, 2.75) is 51.4 Å². The van der Waals surface area contributed by atoms with Crippen molar-refractivity contribution in [3.05, 3.63) is 23.8 Å². The lowest BCUT2D eigenvalue weighted by atomic mass is 9.76. The second-order valence-corrected chi connectivity index (χ2v) is 9.92. The molecule has 2 saturated heterocycles. The second-order valence-electron chi connectivity index (χ2n) is 9.92. The molecule has 0 saturated carbocycles. The number of carbonyl (C=O) groups is 2. The largest absolute Gasteiger partial charge is 0.497 e. The lowest BCUT2D eigenvalue weighted by Crippen LogP contribution is -2.44. The molecule has 1 N–H and O–H groups in total. The van der Waals surface area contributed by atoms with E-state index < -0.39 is 12.1 Å². The third-order valence-electron chi connectivity index (χ3n) is 6.99. The average Bonchev–Trinajstić information content (AvgIpc) is 3.27. The Kier molecular flexibility index (Phi) is 11.7. The summed E-state index contributed by atoms with van der Waals surface area (Å²) < 4.78 is 53.9. The molecule has 3 rings (SSSR count). The summed E-state index contributed by atoms with van der Waals surface area (Å²) in [7, 11) is 4.94.